The van der Waals surface area contributed by atoms with Crippen molar-refractivity contribution in [2.75, 3.05) is 0 Å². The lowest BCUT2D eigenvalue weighted by atomic mass is 9.85. The van der Waals surface area contributed by atoms with Crippen molar-refractivity contribution in [3.05, 3.63) is 194 Å². The van der Waals surface area contributed by atoms with Gasteiger partial charge < -0.3 is 0 Å². The Morgan fingerprint density at radius 1 is 0.240 bits per heavy atom. The first-order valence-electron chi connectivity index (χ1n) is 17.6. The highest BCUT2D eigenvalue weighted by atomic mass is 14.2. The molecule has 0 amide bonds. The Morgan fingerprint density at radius 2 is 0.620 bits per heavy atom. The minimum absolute atomic E-state index is 1.22. The third kappa shape index (κ3) is 5.66. The van der Waals surface area contributed by atoms with E-state index in [2.05, 4.69) is 194 Å². The average molecular weight is 639 g/mol. The molecular formula is C50H38. The van der Waals surface area contributed by atoms with Crippen LogP contribution in [0.1, 0.15) is 13.8 Å². The summed E-state index contributed by atoms with van der Waals surface area (Å²) in [6, 6.07) is 70.7. The number of benzene rings is 9. The highest BCUT2D eigenvalue weighted by Gasteiger charge is 2.17. The Morgan fingerprint density at radius 3 is 1.24 bits per heavy atom. The molecule has 0 aromatic heterocycles. The summed E-state index contributed by atoms with van der Waals surface area (Å²) in [4.78, 5) is 0. The van der Waals surface area contributed by atoms with Gasteiger partial charge in [-0.25, -0.2) is 0 Å². The van der Waals surface area contributed by atoms with Crippen LogP contribution >= 0.6 is 0 Å². The van der Waals surface area contributed by atoms with E-state index in [9.17, 15) is 0 Å². The van der Waals surface area contributed by atoms with Crippen LogP contribution in [-0.4, -0.2) is 0 Å². The van der Waals surface area contributed by atoms with Gasteiger partial charge in [-0.15, -0.1) is 0 Å². The monoisotopic (exact) mass is 638 g/mol. The normalized spacial score (nSPS) is 11.0. The fourth-order valence-corrected chi connectivity index (χ4v) is 7.38. The van der Waals surface area contributed by atoms with Crippen LogP contribution in [0.5, 0.6) is 0 Å². The Kier molecular flexibility index (Phi) is 8.51. The summed E-state index contributed by atoms with van der Waals surface area (Å²) >= 11 is 0. The average Bonchev–Trinajstić information content (AvgIpc) is 3.21. The molecule has 0 bridgehead atoms. The topological polar surface area (TPSA) is 0 Å². The van der Waals surface area contributed by atoms with Crippen LogP contribution < -0.4 is 0 Å². The van der Waals surface area contributed by atoms with Crippen LogP contribution in [0.25, 0.3) is 88.0 Å². The van der Waals surface area contributed by atoms with Gasteiger partial charge in [-0.1, -0.05) is 202 Å². The van der Waals surface area contributed by atoms with Gasteiger partial charge >= 0.3 is 0 Å². The van der Waals surface area contributed by atoms with Crippen molar-refractivity contribution in [2.45, 2.75) is 13.8 Å². The maximum absolute atomic E-state index is 2.35. The van der Waals surface area contributed by atoms with Crippen molar-refractivity contribution >= 4 is 32.3 Å². The van der Waals surface area contributed by atoms with Crippen molar-refractivity contribution in [3.63, 3.8) is 0 Å². The molecule has 0 saturated carbocycles. The zero-order valence-corrected chi connectivity index (χ0v) is 28.5. The number of rotatable bonds is 5. The minimum atomic E-state index is 1.22. The molecular weight excluding hydrogens is 601 g/mol. The molecule has 50 heavy (non-hydrogen) atoms. The summed E-state index contributed by atoms with van der Waals surface area (Å²) in [5.41, 5.74) is 12.4. The van der Waals surface area contributed by atoms with Crippen LogP contribution in [0.15, 0.2) is 194 Å². The maximum Gasteiger partial charge on any atom is -0.00262 e. The van der Waals surface area contributed by atoms with E-state index in [0.717, 1.165) is 0 Å². The molecule has 0 heterocycles. The summed E-state index contributed by atoms with van der Waals surface area (Å²) in [6.07, 6.45) is 0. The first-order chi connectivity index (χ1) is 24.8. The SMILES string of the molecule is CC.c1ccc(-c2ccc(-c3cccc(-c4c5ccccc5c(-c5ccc(-c6cccc7ccccc67)cc5)c5ccccc45)c3)cc2)cc1. The number of hydrogen-bond acceptors (Lipinski definition) is 0. The molecule has 9 rings (SSSR count). The number of hydrogen-bond donors (Lipinski definition) is 0. The van der Waals surface area contributed by atoms with E-state index in [1.54, 1.807) is 0 Å². The lowest BCUT2D eigenvalue weighted by molar-refractivity contribution is 1.50. The molecule has 0 spiro atoms. The van der Waals surface area contributed by atoms with Crippen LogP contribution in [0.4, 0.5) is 0 Å². The van der Waals surface area contributed by atoms with E-state index >= 15 is 0 Å². The second-order valence-corrected chi connectivity index (χ2v) is 12.5. The molecule has 238 valence electrons. The third-order valence-electron chi connectivity index (χ3n) is 9.68. The van der Waals surface area contributed by atoms with Crippen molar-refractivity contribution in [2.24, 2.45) is 0 Å². The fraction of sp³-hybridized carbons (Fsp3) is 0.0400. The van der Waals surface area contributed by atoms with Gasteiger partial charge in [0.2, 0.25) is 0 Å². The first-order valence-corrected chi connectivity index (χ1v) is 17.6. The van der Waals surface area contributed by atoms with E-state index in [0.29, 0.717) is 0 Å². The second kappa shape index (κ2) is 13.7. The molecule has 0 radical (unpaired) electrons. The van der Waals surface area contributed by atoms with Crippen molar-refractivity contribution < 1.29 is 0 Å². The van der Waals surface area contributed by atoms with Crippen molar-refractivity contribution in [1.29, 1.82) is 0 Å². The molecule has 0 unspecified atom stereocenters. The predicted molar refractivity (Wildman–Crippen MR) is 217 cm³/mol. The van der Waals surface area contributed by atoms with Crippen LogP contribution in [0, 0.1) is 0 Å². The fourth-order valence-electron chi connectivity index (χ4n) is 7.38. The van der Waals surface area contributed by atoms with Gasteiger partial charge in [-0.2, -0.15) is 0 Å². The third-order valence-corrected chi connectivity index (χ3v) is 9.68. The lowest BCUT2D eigenvalue weighted by Gasteiger charge is -2.18. The van der Waals surface area contributed by atoms with Crippen molar-refractivity contribution in [1.82, 2.24) is 0 Å². The van der Waals surface area contributed by atoms with Gasteiger partial charge in [0.25, 0.3) is 0 Å². The van der Waals surface area contributed by atoms with Crippen LogP contribution in [0.3, 0.4) is 0 Å². The summed E-state index contributed by atoms with van der Waals surface area (Å²) in [5.74, 6) is 0. The molecule has 9 aromatic carbocycles. The smallest absolute Gasteiger partial charge is 0.00262 e. The molecule has 0 saturated heterocycles. The molecule has 9 aromatic rings. The molecule has 0 nitrogen and oxygen atoms in total. The Balaban J connectivity index is 0.00000177. The first kappa shape index (κ1) is 31.1. The molecule has 0 fully saturated rings. The number of fused-ring (bicyclic) bond motifs is 3. The van der Waals surface area contributed by atoms with E-state index in [1.165, 1.54) is 88.0 Å². The van der Waals surface area contributed by atoms with Gasteiger partial charge in [0, 0.05) is 0 Å². The highest BCUT2D eigenvalue weighted by molar-refractivity contribution is 6.21. The van der Waals surface area contributed by atoms with E-state index < -0.39 is 0 Å². The van der Waals surface area contributed by atoms with Crippen molar-refractivity contribution in [3.8, 4) is 55.6 Å². The Labute approximate surface area is 294 Å². The minimum Gasteiger partial charge on any atom is -0.0683 e. The Bertz CT molecular complexity index is 2510. The summed E-state index contributed by atoms with van der Waals surface area (Å²) in [5, 5.41) is 7.60. The maximum atomic E-state index is 2.35. The Hall–Kier alpha value is -6.24. The summed E-state index contributed by atoms with van der Waals surface area (Å²) in [6.45, 7) is 4.00. The molecule has 0 aliphatic rings. The van der Waals surface area contributed by atoms with Gasteiger partial charge in [0.1, 0.15) is 0 Å². The zero-order chi connectivity index (χ0) is 33.9. The predicted octanol–water partition coefficient (Wildman–Crippen LogP) is 14.5. The standard InChI is InChI=1S/C48H32.C2H6/c1-2-12-33(13-3-1)34-24-26-35(27-25-34)39-16-10-17-40(32-39)48-45-21-8-6-19-43(45)47(44-20-7-9-22-46(44)48)38-30-28-37(29-31-38)42-23-11-15-36-14-4-5-18-41(36)42;1-2/h1-32H;1-2H3. The molecule has 0 aliphatic carbocycles. The van der Waals surface area contributed by atoms with Gasteiger partial charge in [0.15, 0.2) is 0 Å². The summed E-state index contributed by atoms with van der Waals surface area (Å²) in [7, 11) is 0. The molecule has 0 atom stereocenters. The van der Waals surface area contributed by atoms with E-state index in [1.807, 2.05) is 13.8 Å². The quantitative estimate of drug-likeness (QED) is 0.165. The van der Waals surface area contributed by atoms with Gasteiger partial charge in [-0.05, 0) is 94.0 Å². The highest BCUT2D eigenvalue weighted by Crippen LogP contribution is 2.44. The summed E-state index contributed by atoms with van der Waals surface area (Å²) < 4.78 is 0. The molecule has 0 N–H and O–H groups in total. The largest absolute Gasteiger partial charge is 0.0683 e. The van der Waals surface area contributed by atoms with Gasteiger partial charge in [0.05, 0.1) is 0 Å². The van der Waals surface area contributed by atoms with E-state index in [-0.39, 0.29) is 0 Å². The lowest BCUT2D eigenvalue weighted by Crippen LogP contribution is -1.91. The van der Waals surface area contributed by atoms with Crippen LogP contribution in [-0.2, 0) is 0 Å². The van der Waals surface area contributed by atoms with E-state index in [4.69, 9.17) is 0 Å². The molecule has 0 aliphatic heterocycles. The molecule has 0 heteroatoms. The van der Waals surface area contributed by atoms with Crippen LogP contribution in [0.2, 0.25) is 0 Å². The second-order valence-electron chi connectivity index (χ2n) is 12.5. The zero-order valence-electron chi connectivity index (χ0n) is 28.5. The van der Waals surface area contributed by atoms with Gasteiger partial charge in [-0.3, -0.25) is 0 Å².